The fraction of sp³-hybridized carbons (Fsp3) is 0.318. The number of aryl methyl sites for hydroxylation is 1. The van der Waals surface area contributed by atoms with Crippen molar-refractivity contribution in [3.63, 3.8) is 0 Å². The van der Waals surface area contributed by atoms with Gasteiger partial charge in [0.25, 0.3) is 5.91 Å². The number of hydrogen-bond acceptors (Lipinski definition) is 7. The Bertz CT molecular complexity index is 1410. The van der Waals surface area contributed by atoms with Gasteiger partial charge in [0.15, 0.2) is 0 Å². The summed E-state index contributed by atoms with van der Waals surface area (Å²) in [6, 6.07) is 5.14. The van der Waals surface area contributed by atoms with Crippen LogP contribution in [0.1, 0.15) is 51.8 Å². The van der Waals surface area contributed by atoms with Gasteiger partial charge in [-0.2, -0.15) is 4.72 Å². The number of halogens is 2. The highest BCUT2D eigenvalue weighted by Gasteiger charge is 2.34. The smallest absolute Gasteiger partial charge is 0.395 e. The van der Waals surface area contributed by atoms with Gasteiger partial charge in [-0.1, -0.05) is 24.6 Å². The number of sulfonamides is 1. The van der Waals surface area contributed by atoms with Gasteiger partial charge in [-0.05, 0) is 54.8 Å². The third kappa shape index (κ3) is 5.78. The maximum absolute atomic E-state index is 14.9. The Hall–Kier alpha value is -3.06. The van der Waals surface area contributed by atoms with Gasteiger partial charge < -0.3 is 14.8 Å². The van der Waals surface area contributed by atoms with Crippen LogP contribution in [0.4, 0.5) is 4.39 Å². The Balaban J connectivity index is 2.11. The first-order chi connectivity index (χ1) is 16.5. The molecule has 1 aromatic heterocycles. The maximum atomic E-state index is 14.9. The number of carbonyl (C=O) groups is 1. The number of carbonyl (C=O) groups excluding carboxylic acids is 1. The lowest BCUT2D eigenvalue weighted by Crippen LogP contribution is -2.35. The number of hydrogen-bond donors (Lipinski definition) is 4. The fourth-order valence-corrected chi connectivity index (χ4v) is 5.31. The fourth-order valence-electron chi connectivity index (χ4n) is 3.68. The molecule has 10 nitrogen and oxygen atoms in total. The molecule has 0 bridgehead atoms. The molecule has 2 atom stereocenters. The SMILES string of the molecule is Cc1ccc(F)c(C(C)C(NS(=O)(=O)c2ccc(Cl)cc2C(=O)NCCO)c2n[nH]c(=O)o2)c1C. The van der Waals surface area contributed by atoms with Crippen LogP contribution in [-0.4, -0.2) is 42.8 Å². The molecule has 2 aromatic carbocycles. The van der Waals surface area contributed by atoms with Gasteiger partial charge in [-0.15, -0.1) is 5.10 Å². The van der Waals surface area contributed by atoms with Crippen LogP contribution in [0.15, 0.2) is 44.4 Å². The topological polar surface area (TPSA) is 154 Å². The molecule has 1 heterocycles. The molecule has 0 radical (unpaired) electrons. The lowest BCUT2D eigenvalue weighted by Gasteiger charge is -2.25. The number of benzene rings is 2. The van der Waals surface area contributed by atoms with E-state index in [4.69, 9.17) is 21.1 Å². The van der Waals surface area contributed by atoms with E-state index in [1.807, 2.05) is 0 Å². The zero-order valence-corrected chi connectivity index (χ0v) is 20.6. The molecule has 3 rings (SSSR count). The van der Waals surface area contributed by atoms with E-state index in [1.165, 1.54) is 18.2 Å². The highest BCUT2D eigenvalue weighted by molar-refractivity contribution is 7.89. The highest BCUT2D eigenvalue weighted by Crippen LogP contribution is 2.35. The molecule has 0 fully saturated rings. The van der Waals surface area contributed by atoms with Crippen LogP contribution < -0.4 is 15.8 Å². The molecule has 0 saturated carbocycles. The summed E-state index contributed by atoms with van der Waals surface area (Å²) < 4.78 is 49.2. The third-order valence-electron chi connectivity index (χ3n) is 5.56. The van der Waals surface area contributed by atoms with E-state index in [1.54, 1.807) is 26.8 Å². The van der Waals surface area contributed by atoms with Crippen LogP contribution in [0.25, 0.3) is 0 Å². The predicted molar refractivity (Wildman–Crippen MR) is 125 cm³/mol. The average molecular weight is 527 g/mol. The molecule has 0 saturated heterocycles. The molecule has 13 heteroatoms. The number of nitrogens with zero attached hydrogens (tertiary/aromatic N) is 1. The van der Waals surface area contributed by atoms with Gasteiger partial charge in [0, 0.05) is 17.5 Å². The highest BCUT2D eigenvalue weighted by atomic mass is 35.5. The van der Waals surface area contributed by atoms with Crippen molar-refractivity contribution in [2.24, 2.45) is 0 Å². The second kappa shape index (κ2) is 10.7. The summed E-state index contributed by atoms with van der Waals surface area (Å²) in [7, 11) is -4.48. The maximum Gasteiger partial charge on any atom is 0.434 e. The first-order valence-corrected chi connectivity index (χ1v) is 12.3. The zero-order valence-electron chi connectivity index (χ0n) is 19.1. The number of rotatable bonds is 9. The Morgan fingerprint density at radius 2 is 2.00 bits per heavy atom. The van der Waals surface area contributed by atoms with Crippen molar-refractivity contribution in [3.05, 3.63) is 79.9 Å². The molecule has 0 aliphatic heterocycles. The molecular weight excluding hydrogens is 503 g/mol. The quantitative estimate of drug-likeness (QED) is 0.333. The Kier molecular flexibility index (Phi) is 8.11. The number of aliphatic hydroxyl groups is 1. The van der Waals surface area contributed by atoms with Crippen molar-refractivity contribution in [2.45, 2.75) is 37.6 Å². The summed E-state index contributed by atoms with van der Waals surface area (Å²) in [5.74, 6) is -3.47. The van der Waals surface area contributed by atoms with E-state index in [0.717, 1.165) is 11.6 Å². The summed E-state index contributed by atoms with van der Waals surface area (Å²) in [6.07, 6.45) is 0. The normalized spacial score (nSPS) is 13.4. The monoisotopic (exact) mass is 526 g/mol. The number of amides is 1. The van der Waals surface area contributed by atoms with Gasteiger partial charge in [0.2, 0.25) is 15.9 Å². The minimum atomic E-state index is -4.48. The van der Waals surface area contributed by atoms with E-state index in [0.29, 0.717) is 5.56 Å². The first-order valence-electron chi connectivity index (χ1n) is 10.5. The molecular formula is C22H24ClFN4O6S. The van der Waals surface area contributed by atoms with Gasteiger partial charge in [-0.25, -0.2) is 22.7 Å². The van der Waals surface area contributed by atoms with E-state index < -0.39 is 44.4 Å². The summed E-state index contributed by atoms with van der Waals surface area (Å²) in [6.45, 7) is 4.57. The number of aromatic amines is 1. The summed E-state index contributed by atoms with van der Waals surface area (Å²) in [5, 5.41) is 17.3. The van der Waals surface area contributed by atoms with Crippen LogP contribution in [0.2, 0.25) is 5.02 Å². The van der Waals surface area contributed by atoms with Crippen molar-refractivity contribution in [1.29, 1.82) is 0 Å². The minimum absolute atomic E-state index is 0.109. The lowest BCUT2D eigenvalue weighted by molar-refractivity contribution is 0.0941. The molecule has 2 unspecified atom stereocenters. The molecule has 0 aliphatic rings. The van der Waals surface area contributed by atoms with E-state index in [-0.39, 0.29) is 35.2 Å². The van der Waals surface area contributed by atoms with Crippen LogP contribution in [0, 0.1) is 19.7 Å². The Morgan fingerprint density at radius 1 is 1.29 bits per heavy atom. The number of aromatic nitrogens is 2. The van der Waals surface area contributed by atoms with Crippen LogP contribution in [0.5, 0.6) is 0 Å². The van der Waals surface area contributed by atoms with E-state index >= 15 is 0 Å². The zero-order chi connectivity index (χ0) is 25.9. The van der Waals surface area contributed by atoms with Crippen molar-refractivity contribution in [3.8, 4) is 0 Å². The van der Waals surface area contributed by atoms with Crippen molar-refractivity contribution in [1.82, 2.24) is 20.2 Å². The van der Waals surface area contributed by atoms with E-state index in [9.17, 15) is 22.4 Å². The average Bonchev–Trinajstić information content (AvgIpc) is 3.24. The summed E-state index contributed by atoms with van der Waals surface area (Å²) in [5.41, 5.74) is 1.31. The first kappa shape index (κ1) is 26.5. The predicted octanol–water partition coefficient (Wildman–Crippen LogP) is 2.32. The van der Waals surface area contributed by atoms with Crippen LogP contribution in [0.3, 0.4) is 0 Å². The van der Waals surface area contributed by atoms with Gasteiger partial charge in [0.05, 0.1) is 17.1 Å². The minimum Gasteiger partial charge on any atom is -0.395 e. The van der Waals surface area contributed by atoms with Crippen molar-refractivity contribution < 1.29 is 27.1 Å². The molecule has 4 N–H and O–H groups in total. The van der Waals surface area contributed by atoms with Gasteiger partial charge in [0.1, 0.15) is 11.9 Å². The number of nitrogens with one attached hydrogen (secondary N) is 3. The lowest BCUT2D eigenvalue weighted by atomic mass is 9.88. The molecule has 0 spiro atoms. The van der Waals surface area contributed by atoms with Crippen molar-refractivity contribution in [2.75, 3.05) is 13.2 Å². The largest absolute Gasteiger partial charge is 0.434 e. The standard InChI is InChI=1S/C22H24ClFN4O6S/c1-11-4-6-16(24)18(12(11)2)13(3)19(21-26-27-22(31)34-21)28-35(32,33)17-7-5-14(23)10-15(17)20(30)25-8-9-29/h4-7,10,13,19,28-29H,8-9H2,1-3H3,(H,25,30)(H,27,31). The molecule has 35 heavy (non-hydrogen) atoms. The van der Waals surface area contributed by atoms with Crippen LogP contribution in [-0.2, 0) is 10.0 Å². The second-order valence-electron chi connectivity index (χ2n) is 7.86. The molecule has 0 aliphatic carbocycles. The second-order valence-corrected chi connectivity index (χ2v) is 9.98. The van der Waals surface area contributed by atoms with Gasteiger partial charge >= 0.3 is 5.76 Å². The Morgan fingerprint density at radius 3 is 2.63 bits per heavy atom. The van der Waals surface area contributed by atoms with E-state index in [2.05, 4.69) is 20.2 Å². The molecule has 3 aromatic rings. The van der Waals surface area contributed by atoms with Crippen LogP contribution >= 0.6 is 11.6 Å². The molecule has 1 amide bonds. The number of aliphatic hydroxyl groups excluding tert-OH is 1. The Labute approximate surface area is 205 Å². The number of H-pyrrole nitrogens is 1. The third-order valence-corrected chi connectivity index (χ3v) is 7.30. The summed E-state index contributed by atoms with van der Waals surface area (Å²) >= 11 is 5.98. The summed E-state index contributed by atoms with van der Waals surface area (Å²) in [4.78, 5) is 23.8. The molecule has 188 valence electrons. The van der Waals surface area contributed by atoms with Gasteiger partial charge in [-0.3, -0.25) is 4.79 Å². The van der Waals surface area contributed by atoms with Crippen molar-refractivity contribution >= 4 is 27.5 Å².